The van der Waals surface area contributed by atoms with E-state index in [-0.39, 0.29) is 18.2 Å². The topological polar surface area (TPSA) is 81.9 Å². The largest absolute Gasteiger partial charge is 0.435 e. The molecule has 7 nitrogen and oxygen atoms in total. The first-order valence-electron chi connectivity index (χ1n) is 8.18. The third-order valence-electron chi connectivity index (χ3n) is 3.73. The highest BCUT2D eigenvalue weighted by atomic mass is 19.3. The van der Waals surface area contributed by atoms with Gasteiger partial charge in [-0.2, -0.15) is 13.6 Å². The van der Waals surface area contributed by atoms with E-state index in [4.69, 9.17) is 0 Å². The van der Waals surface area contributed by atoms with Gasteiger partial charge in [-0.1, -0.05) is 42.5 Å². The van der Waals surface area contributed by atoms with Crippen molar-refractivity contribution in [2.75, 3.05) is 0 Å². The van der Waals surface area contributed by atoms with Crippen LogP contribution in [0.3, 0.4) is 0 Å². The molecule has 0 fully saturated rings. The number of alkyl halides is 2. The normalized spacial score (nSPS) is 12.0. The van der Waals surface area contributed by atoms with Gasteiger partial charge in [0.2, 0.25) is 11.7 Å². The fourth-order valence-electron chi connectivity index (χ4n) is 2.47. The number of tetrazole rings is 1. The van der Waals surface area contributed by atoms with Gasteiger partial charge in [-0.3, -0.25) is 4.79 Å². The maximum Gasteiger partial charge on any atom is 0.387 e. The van der Waals surface area contributed by atoms with Gasteiger partial charge in [0.05, 0.1) is 6.04 Å². The maximum absolute atomic E-state index is 12.3. The summed E-state index contributed by atoms with van der Waals surface area (Å²) in [7, 11) is 0. The Morgan fingerprint density at radius 2 is 1.96 bits per heavy atom. The Morgan fingerprint density at radius 3 is 2.70 bits per heavy atom. The minimum atomic E-state index is -2.90. The number of nitrogens with one attached hydrogen (secondary N) is 1. The summed E-state index contributed by atoms with van der Waals surface area (Å²) in [4.78, 5) is 13.4. The summed E-state index contributed by atoms with van der Waals surface area (Å²) in [5, 5.41) is 14.7. The minimum Gasteiger partial charge on any atom is -0.435 e. The van der Waals surface area contributed by atoms with Crippen molar-refractivity contribution >= 4 is 5.91 Å². The number of ether oxygens (including phenoxy) is 1. The van der Waals surface area contributed by atoms with Gasteiger partial charge in [-0.25, -0.2) is 0 Å². The number of carbonyl (C=O) groups is 1. The molecule has 0 radical (unpaired) electrons. The van der Waals surface area contributed by atoms with E-state index in [1.807, 2.05) is 30.3 Å². The molecule has 3 rings (SSSR count). The second-order valence-corrected chi connectivity index (χ2v) is 5.75. The molecule has 0 saturated heterocycles. The molecule has 9 heteroatoms. The number of benzene rings is 2. The van der Waals surface area contributed by atoms with Crippen LogP contribution in [0.1, 0.15) is 18.5 Å². The molecule has 0 aliphatic carbocycles. The van der Waals surface area contributed by atoms with E-state index in [0.717, 1.165) is 5.56 Å². The van der Waals surface area contributed by atoms with E-state index < -0.39 is 12.7 Å². The minimum absolute atomic E-state index is 0.0362. The van der Waals surface area contributed by atoms with Gasteiger partial charge in [0.25, 0.3) is 0 Å². The molecule has 27 heavy (non-hydrogen) atoms. The number of amides is 1. The molecule has 2 aromatic carbocycles. The van der Waals surface area contributed by atoms with Crippen LogP contribution in [0.5, 0.6) is 5.75 Å². The van der Waals surface area contributed by atoms with Crippen LogP contribution in [0.15, 0.2) is 54.6 Å². The van der Waals surface area contributed by atoms with Gasteiger partial charge in [0.1, 0.15) is 12.3 Å². The lowest BCUT2D eigenvalue weighted by Gasteiger charge is -2.15. The van der Waals surface area contributed by atoms with Crippen LogP contribution in [0.4, 0.5) is 8.78 Å². The second kappa shape index (κ2) is 8.35. The second-order valence-electron chi connectivity index (χ2n) is 5.75. The lowest BCUT2D eigenvalue weighted by atomic mass is 10.1. The first kappa shape index (κ1) is 18.4. The lowest BCUT2D eigenvalue weighted by molar-refractivity contribution is -0.122. The lowest BCUT2D eigenvalue weighted by Crippen LogP contribution is -2.30. The van der Waals surface area contributed by atoms with Crippen LogP contribution < -0.4 is 10.1 Å². The zero-order valence-corrected chi connectivity index (χ0v) is 14.4. The van der Waals surface area contributed by atoms with Gasteiger partial charge in [-0.15, -0.1) is 10.2 Å². The van der Waals surface area contributed by atoms with Crippen LogP contribution in [0, 0.1) is 0 Å². The Kier molecular flexibility index (Phi) is 5.70. The average molecular weight is 373 g/mol. The van der Waals surface area contributed by atoms with Gasteiger partial charge < -0.3 is 10.1 Å². The number of aromatic nitrogens is 4. The third-order valence-corrected chi connectivity index (χ3v) is 3.73. The number of rotatable bonds is 7. The Morgan fingerprint density at radius 1 is 1.19 bits per heavy atom. The van der Waals surface area contributed by atoms with Gasteiger partial charge in [0, 0.05) is 5.56 Å². The molecule has 0 spiro atoms. The van der Waals surface area contributed by atoms with Crippen LogP contribution in [-0.2, 0) is 11.3 Å². The van der Waals surface area contributed by atoms with Crippen molar-refractivity contribution in [3.63, 3.8) is 0 Å². The molecule has 0 aliphatic rings. The van der Waals surface area contributed by atoms with Crippen molar-refractivity contribution in [1.82, 2.24) is 25.5 Å². The average Bonchev–Trinajstić information content (AvgIpc) is 3.10. The summed E-state index contributed by atoms with van der Waals surface area (Å²) >= 11 is 0. The molecule has 0 bridgehead atoms. The molecular weight excluding hydrogens is 356 g/mol. The number of halogens is 2. The van der Waals surface area contributed by atoms with E-state index in [2.05, 4.69) is 25.5 Å². The fraction of sp³-hybridized carbons (Fsp3) is 0.222. The van der Waals surface area contributed by atoms with Crippen molar-refractivity contribution in [3.05, 3.63) is 60.2 Å². The molecule has 1 amide bonds. The zero-order chi connectivity index (χ0) is 19.2. The third kappa shape index (κ3) is 5.06. The van der Waals surface area contributed by atoms with E-state index in [1.54, 1.807) is 19.1 Å². The molecule has 1 unspecified atom stereocenters. The maximum atomic E-state index is 12.3. The van der Waals surface area contributed by atoms with Gasteiger partial charge in [0.15, 0.2) is 0 Å². The van der Waals surface area contributed by atoms with Crippen LogP contribution in [0.2, 0.25) is 0 Å². The fourth-order valence-corrected chi connectivity index (χ4v) is 2.47. The van der Waals surface area contributed by atoms with Crippen LogP contribution in [0.25, 0.3) is 11.4 Å². The summed E-state index contributed by atoms with van der Waals surface area (Å²) in [5.74, 6) is 0.127. The summed E-state index contributed by atoms with van der Waals surface area (Å²) in [6.45, 7) is -1.27. The Hall–Kier alpha value is -3.36. The molecule has 1 heterocycles. The summed E-state index contributed by atoms with van der Waals surface area (Å²) in [6.07, 6.45) is 0. The molecule has 1 N–H and O–H groups in total. The van der Waals surface area contributed by atoms with E-state index in [9.17, 15) is 13.6 Å². The van der Waals surface area contributed by atoms with Crippen molar-refractivity contribution in [3.8, 4) is 17.1 Å². The monoisotopic (exact) mass is 373 g/mol. The highest BCUT2D eigenvalue weighted by Crippen LogP contribution is 2.20. The quantitative estimate of drug-likeness (QED) is 0.689. The molecule has 0 aliphatic heterocycles. The van der Waals surface area contributed by atoms with E-state index in [0.29, 0.717) is 11.4 Å². The SMILES string of the molecule is CC(NC(=O)Cn1nnc(-c2ccccc2)n1)c1cccc(OC(F)F)c1. The first-order chi connectivity index (χ1) is 13.0. The predicted octanol–water partition coefficient (Wildman–Crippen LogP) is 2.82. The van der Waals surface area contributed by atoms with Crippen LogP contribution in [-0.4, -0.2) is 32.7 Å². The zero-order valence-electron chi connectivity index (χ0n) is 14.4. The van der Waals surface area contributed by atoms with Crippen molar-refractivity contribution in [1.29, 1.82) is 0 Å². The number of hydrogen-bond donors (Lipinski definition) is 1. The van der Waals surface area contributed by atoms with Gasteiger partial charge in [-0.05, 0) is 29.8 Å². The van der Waals surface area contributed by atoms with E-state index >= 15 is 0 Å². The number of carbonyl (C=O) groups excluding carboxylic acids is 1. The number of nitrogens with zero attached hydrogens (tertiary/aromatic N) is 4. The Balaban J connectivity index is 1.60. The predicted molar refractivity (Wildman–Crippen MR) is 92.9 cm³/mol. The smallest absolute Gasteiger partial charge is 0.387 e. The Bertz CT molecular complexity index is 902. The van der Waals surface area contributed by atoms with Gasteiger partial charge >= 0.3 is 6.61 Å². The molecular formula is C18H17F2N5O2. The molecule has 1 aromatic heterocycles. The van der Waals surface area contributed by atoms with E-state index in [1.165, 1.54) is 16.9 Å². The summed E-state index contributed by atoms with van der Waals surface area (Å²) in [6, 6.07) is 15.1. The van der Waals surface area contributed by atoms with Crippen molar-refractivity contribution in [2.24, 2.45) is 0 Å². The molecule has 0 saturated carbocycles. The highest BCUT2D eigenvalue weighted by molar-refractivity contribution is 5.76. The molecule has 3 aromatic rings. The Labute approximate surface area is 154 Å². The van der Waals surface area contributed by atoms with Crippen molar-refractivity contribution < 1.29 is 18.3 Å². The first-order valence-corrected chi connectivity index (χ1v) is 8.18. The standard InChI is InChI=1S/C18H17F2N5O2/c1-12(14-8-5-9-15(10-14)27-18(19)20)21-16(26)11-25-23-17(22-24-25)13-6-3-2-4-7-13/h2-10,12,18H,11H2,1H3,(H,21,26). The number of hydrogen-bond acceptors (Lipinski definition) is 5. The van der Waals surface area contributed by atoms with Crippen LogP contribution >= 0.6 is 0 Å². The summed E-state index contributed by atoms with van der Waals surface area (Å²) in [5.41, 5.74) is 1.44. The molecule has 1 atom stereocenters. The van der Waals surface area contributed by atoms with Crippen molar-refractivity contribution in [2.45, 2.75) is 26.1 Å². The molecule has 140 valence electrons. The highest BCUT2D eigenvalue weighted by Gasteiger charge is 2.14. The summed E-state index contributed by atoms with van der Waals surface area (Å²) < 4.78 is 29.0.